The standard InChI is InChI=1S/C19H20N2O2/c1-3-5-8-12(4-2)17-18-14(11-16(21-17)19(22)23)13-9-6-7-10-15(13)20-18/h3-10,16-17,20-21H,1,11H2,2H3,(H,22,23)/b8-5-,12-4+. The van der Waals surface area contributed by atoms with Gasteiger partial charge in [-0.1, -0.05) is 49.1 Å². The van der Waals surface area contributed by atoms with E-state index in [1.165, 1.54) is 0 Å². The summed E-state index contributed by atoms with van der Waals surface area (Å²) in [5.41, 5.74) is 4.19. The average Bonchev–Trinajstić information content (AvgIpc) is 2.94. The Hall–Kier alpha value is -2.59. The first-order chi connectivity index (χ1) is 11.2. The number of H-pyrrole nitrogens is 1. The molecular formula is C19H20N2O2. The smallest absolute Gasteiger partial charge is 0.321 e. The fourth-order valence-corrected chi connectivity index (χ4v) is 3.19. The Labute approximate surface area is 135 Å². The predicted molar refractivity (Wildman–Crippen MR) is 92.4 cm³/mol. The highest BCUT2D eigenvalue weighted by Gasteiger charge is 2.33. The lowest BCUT2D eigenvalue weighted by molar-refractivity contribution is -0.139. The number of carbonyl (C=O) groups is 1. The molecule has 3 N–H and O–H groups in total. The largest absolute Gasteiger partial charge is 0.480 e. The average molecular weight is 308 g/mol. The molecule has 4 nitrogen and oxygen atoms in total. The molecule has 2 aromatic rings. The topological polar surface area (TPSA) is 65.1 Å². The third-order valence-corrected chi connectivity index (χ3v) is 4.30. The number of aromatic nitrogens is 1. The van der Waals surface area contributed by atoms with Crippen LogP contribution in [0.4, 0.5) is 0 Å². The van der Waals surface area contributed by atoms with Crippen LogP contribution >= 0.6 is 0 Å². The van der Waals surface area contributed by atoms with Crippen LogP contribution in [0.3, 0.4) is 0 Å². The van der Waals surface area contributed by atoms with Crippen molar-refractivity contribution in [3.05, 3.63) is 72.0 Å². The fraction of sp³-hybridized carbons (Fsp3) is 0.211. The summed E-state index contributed by atoms with van der Waals surface area (Å²) in [4.78, 5) is 15.0. The molecule has 2 heterocycles. The zero-order valence-electron chi connectivity index (χ0n) is 13.0. The molecule has 1 aliphatic heterocycles. The Morgan fingerprint density at radius 3 is 2.87 bits per heavy atom. The molecule has 1 aliphatic rings. The van der Waals surface area contributed by atoms with Crippen LogP contribution in [-0.2, 0) is 11.2 Å². The van der Waals surface area contributed by atoms with Gasteiger partial charge in [0, 0.05) is 23.0 Å². The number of nitrogens with one attached hydrogen (secondary N) is 2. The summed E-state index contributed by atoms with van der Waals surface area (Å²) < 4.78 is 0. The lowest BCUT2D eigenvalue weighted by Gasteiger charge is -2.30. The van der Waals surface area contributed by atoms with Gasteiger partial charge in [0.25, 0.3) is 0 Å². The molecule has 0 fully saturated rings. The maximum atomic E-state index is 11.6. The summed E-state index contributed by atoms with van der Waals surface area (Å²) in [6.07, 6.45) is 8.02. The van der Waals surface area contributed by atoms with Gasteiger partial charge in [0.05, 0.1) is 6.04 Å². The Morgan fingerprint density at radius 1 is 1.39 bits per heavy atom. The van der Waals surface area contributed by atoms with Gasteiger partial charge in [-0.3, -0.25) is 10.1 Å². The number of hydrogen-bond donors (Lipinski definition) is 3. The number of carboxylic acids is 1. The molecule has 4 heteroatoms. The normalized spacial score (nSPS) is 21.5. The number of fused-ring (bicyclic) bond motifs is 3. The number of allylic oxidation sites excluding steroid dienone is 3. The molecule has 0 bridgehead atoms. The van der Waals surface area contributed by atoms with E-state index in [2.05, 4.69) is 16.9 Å². The second kappa shape index (κ2) is 6.26. The van der Waals surface area contributed by atoms with Crippen molar-refractivity contribution in [2.45, 2.75) is 25.4 Å². The third-order valence-electron chi connectivity index (χ3n) is 4.30. The summed E-state index contributed by atoms with van der Waals surface area (Å²) in [5.74, 6) is -0.825. The number of hydrogen-bond acceptors (Lipinski definition) is 2. The van der Waals surface area contributed by atoms with Crippen molar-refractivity contribution in [1.82, 2.24) is 10.3 Å². The third kappa shape index (κ3) is 2.73. The summed E-state index contributed by atoms with van der Waals surface area (Å²) in [6.45, 7) is 5.65. The number of aliphatic carboxylic acids is 1. The van der Waals surface area contributed by atoms with Crippen LogP contribution in [0.25, 0.3) is 10.9 Å². The number of para-hydroxylation sites is 1. The molecule has 0 amide bonds. The molecule has 1 aromatic carbocycles. The first-order valence-electron chi connectivity index (χ1n) is 7.69. The Kier molecular flexibility index (Phi) is 4.17. The van der Waals surface area contributed by atoms with E-state index in [-0.39, 0.29) is 6.04 Å². The van der Waals surface area contributed by atoms with Crippen LogP contribution < -0.4 is 5.32 Å². The van der Waals surface area contributed by atoms with E-state index in [0.717, 1.165) is 27.7 Å². The lowest BCUT2D eigenvalue weighted by atomic mass is 9.90. The highest BCUT2D eigenvalue weighted by molar-refractivity contribution is 5.87. The van der Waals surface area contributed by atoms with Crippen LogP contribution in [-0.4, -0.2) is 22.1 Å². The molecule has 118 valence electrons. The molecule has 0 saturated carbocycles. The van der Waals surface area contributed by atoms with Crippen LogP contribution in [0.5, 0.6) is 0 Å². The Bertz CT molecular complexity index is 814. The van der Waals surface area contributed by atoms with Crippen molar-refractivity contribution in [3.8, 4) is 0 Å². The quantitative estimate of drug-likeness (QED) is 0.757. The van der Waals surface area contributed by atoms with Crippen molar-refractivity contribution < 1.29 is 9.90 Å². The second-order valence-electron chi connectivity index (χ2n) is 5.64. The molecule has 0 aliphatic carbocycles. The molecule has 2 unspecified atom stereocenters. The summed E-state index contributed by atoms with van der Waals surface area (Å²) in [6, 6.07) is 7.26. The molecule has 0 radical (unpaired) electrons. The van der Waals surface area contributed by atoms with Gasteiger partial charge in [0.15, 0.2) is 0 Å². The predicted octanol–water partition coefficient (Wildman–Crippen LogP) is 3.50. The van der Waals surface area contributed by atoms with Gasteiger partial charge in [0.1, 0.15) is 6.04 Å². The van der Waals surface area contributed by atoms with Gasteiger partial charge < -0.3 is 10.1 Å². The lowest BCUT2D eigenvalue weighted by Crippen LogP contribution is -2.45. The second-order valence-corrected chi connectivity index (χ2v) is 5.64. The summed E-state index contributed by atoms with van der Waals surface area (Å²) >= 11 is 0. The maximum Gasteiger partial charge on any atom is 0.321 e. The van der Waals surface area contributed by atoms with Crippen molar-refractivity contribution >= 4 is 16.9 Å². The highest BCUT2D eigenvalue weighted by atomic mass is 16.4. The van der Waals surface area contributed by atoms with E-state index in [9.17, 15) is 9.90 Å². The van der Waals surface area contributed by atoms with Crippen LogP contribution in [0, 0.1) is 0 Å². The van der Waals surface area contributed by atoms with E-state index in [0.29, 0.717) is 6.42 Å². The molecule has 1 aromatic heterocycles. The van der Waals surface area contributed by atoms with Crippen molar-refractivity contribution in [1.29, 1.82) is 0 Å². The molecule has 3 rings (SSSR count). The molecule has 0 saturated heterocycles. The fourth-order valence-electron chi connectivity index (χ4n) is 3.19. The van der Waals surface area contributed by atoms with Gasteiger partial charge in [-0.2, -0.15) is 0 Å². The van der Waals surface area contributed by atoms with E-state index in [1.807, 2.05) is 49.4 Å². The van der Waals surface area contributed by atoms with Crippen molar-refractivity contribution in [2.75, 3.05) is 0 Å². The van der Waals surface area contributed by atoms with E-state index < -0.39 is 12.0 Å². The van der Waals surface area contributed by atoms with E-state index >= 15 is 0 Å². The summed E-state index contributed by atoms with van der Waals surface area (Å²) in [7, 11) is 0. The zero-order chi connectivity index (χ0) is 16.4. The number of rotatable bonds is 4. The first-order valence-corrected chi connectivity index (χ1v) is 7.69. The van der Waals surface area contributed by atoms with Crippen LogP contribution in [0.2, 0.25) is 0 Å². The minimum atomic E-state index is -0.825. The SMILES string of the molecule is C=C/C=C\C(=C/C)C1NC(C(=O)O)Cc2c1[nH]c1ccccc21. The van der Waals surface area contributed by atoms with Crippen molar-refractivity contribution in [2.24, 2.45) is 0 Å². The molecular weight excluding hydrogens is 288 g/mol. The number of aromatic amines is 1. The number of carboxylic acid groups (broad SMARTS) is 1. The van der Waals surface area contributed by atoms with Gasteiger partial charge >= 0.3 is 5.97 Å². The Morgan fingerprint density at radius 2 is 2.17 bits per heavy atom. The molecule has 23 heavy (non-hydrogen) atoms. The minimum absolute atomic E-state index is 0.173. The van der Waals surface area contributed by atoms with Crippen LogP contribution in [0.1, 0.15) is 24.2 Å². The first kappa shape index (κ1) is 15.3. The van der Waals surface area contributed by atoms with Gasteiger partial charge in [-0.15, -0.1) is 0 Å². The maximum absolute atomic E-state index is 11.6. The zero-order valence-corrected chi connectivity index (χ0v) is 13.0. The van der Waals surface area contributed by atoms with Crippen LogP contribution in [0.15, 0.2) is 60.7 Å². The molecule has 0 spiro atoms. The van der Waals surface area contributed by atoms with Crippen molar-refractivity contribution in [3.63, 3.8) is 0 Å². The summed E-state index contributed by atoms with van der Waals surface area (Å²) in [5, 5.41) is 13.8. The van der Waals surface area contributed by atoms with E-state index in [1.54, 1.807) is 6.08 Å². The Balaban J connectivity index is 2.15. The monoisotopic (exact) mass is 308 g/mol. The van der Waals surface area contributed by atoms with Gasteiger partial charge in [-0.25, -0.2) is 0 Å². The number of benzene rings is 1. The van der Waals surface area contributed by atoms with Gasteiger partial charge in [0.2, 0.25) is 0 Å². The minimum Gasteiger partial charge on any atom is -0.480 e. The van der Waals surface area contributed by atoms with E-state index in [4.69, 9.17) is 0 Å². The highest BCUT2D eigenvalue weighted by Crippen LogP contribution is 2.35. The van der Waals surface area contributed by atoms with Gasteiger partial charge in [-0.05, 0) is 24.1 Å². The molecule has 2 atom stereocenters.